The van der Waals surface area contributed by atoms with Crippen LogP contribution in [0.2, 0.25) is 0 Å². The fourth-order valence-electron chi connectivity index (χ4n) is 2.88. The second-order valence-corrected chi connectivity index (χ2v) is 6.48. The molecular weight excluding hydrogens is 314 g/mol. The van der Waals surface area contributed by atoms with Crippen molar-refractivity contribution in [1.29, 1.82) is 0 Å². The molecule has 2 aromatic carbocycles. The summed E-state index contributed by atoms with van der Waals surface area (Å²) in [4.78, 5) is 13.0. The van der Waals surface area contributed by atoms with Crippen LogP contribution in [0.1, 0.15) is 30.0 Å². The van der Waals surface area contributed by atoms with Gasteiger partial charge in [0.05, 0.1) is 4.92 Å². The zero-order valence-electron chi connectivity index (χ0n) is 15.1. The van der Waals surface area contributed by atoms with Crippen molar-refractivity contribution in [1.82, 2.24) is 4.90 Å². The topological polar surface area (TPSA) is 72.4 Å². The molecule has 0 spiro atoms. The van der Waals surface area contributed by atoms with E-state index in [-0.39, 0.29) is 11.4 Å². The van der Waals surface area contributed by atoms with Crippen LogP contribution in [0.4, 0.5) is 11.4 Å². The highest BCUT2D eigenvalue weighted by atomic mass is 16.6. The molecule has 2 N–H and O–H groups in total. The molecule has 0 aliphatic heterocycles. The third-order valence-electron chi connectivity index (χ3n) is 4.39. The molecule has 0 aliphatic rings. The van der Waals surface area contributed by atoms with E-state index >= 15 is 0 Å². The molecule has 0 aliphatic carbocycles. The minimum atomic E-state index is -0.417. The van der Waals surface area contributed by atoms with Gasteiger partial charge in [-0.2, -0.15) is 0 Å². The molecule has 0 bridgehead atoms. The Hall–Kier alpha value is -2.40. The van der Waals surface area contributed by atoms with Crippen LogP contribution in [0.3, 0.4) is 0 Å². The summed E-state index contributed by atoms with van der Waals surface area (Å²) < 4.78 is 0. The van der Waals surface area contributed by atoms with E-state index < -0.39 is 4.92 Å². The van der Waals surface area contributed by atoms with Gasteiger partial charge in [0.15, 0.2) is 0 Å². The molecule has 5 heteroatoms. The fourth-order valence-corrected chi connectivity index (χ4v) is 2.88. The lowest BCUT2D eigenvalue weighted by molar-refractivity contribution is -0.384. The number of nitrogens with two attached hydrogens (primary N) is 1. The van der Waals surface area contributed by atoms with Gasteiger partial charge in [-0.1, -0.05) is 42.8 Å². The Morgan fingerprint density at radius 2 is 1.60 bits per heavy atom. The number of nitrogens with zero attached hydrogens (tertiary/aromatic N) is 2. The van der Waals surface area contributed by atoms with Gasteiger partial charge in [-0.3, -0.25) is 10.1 Å². The number of nitrogen functional groups attached to an aromatic ring is 1. The second kappa shape index (κ2) is 9.18. The monoisotopic (exact) mass is 341 g/mol. The lowest BCUT2D eigenvalue weighted by atomic mass is 10.1. The van der Waals surface area contributed by atoms with Crippen molar-refractivity contribution in [2.45, 2.75) is 33.1 Å². The van der Waals surface area contributed by atoms with Crippen molar-refractivity contribution >= 4 is 11.4 Å². The molecule has 0 heterocycles. The summed E-state index contributed by atoms with van der Waals surface area (Å²) in [5.74, 6) is 0. The molecule has 0 saturated heterocycles. The zero-order chi connectivity index (χ0) is 18.2. The van der Waals surface area contributed by atoms with Crippen molar-refractivity contribution < 1.29 is 4.92 Å². The number of aryl methyl sites for hydroxylation is 1. The van der Waals surface area contributed by atoms with E-state index in [1.165, 1.54) is 11.1 Å². The SMILES string of the molecule is CCCN(CCc1ccc(C)cc1)CCc1ccc(N)c([N+](=O)[O-])c1. The third kappa shape index (κ3) is 5.87. The van der Waals surface area contributed by atoms with Crippen LogP contribution in [-0.4, -0.2) is 29.5 Å². The molecule has 5 nitrogen and oxygen atoms in total. The van der Waals surface area contributed by atoms with Gasteiger partial charge in [0.2, 0.25) is 0 Å². The van der Waals surface area contributed by atoms with Crippen molar-refractivity contribution in [3.63, 3.8) is 0 Å². The highest BCUT2D eigenvalue weighted by molar-refractivity contribution is 5.59. The molecule has 0 unspecified atom stereocenters. The molecule has 0 radical (unpaired) electrons. The van der Waals surface area contributed by atoms with Gasteiger partial charge in [0.1, 0.15) is 5.69 Å². The fraction of sp³-hybridized carbons (Fsp3) is 0.400. The van der Waals surface area contributed by atoms with Gasteiger partial charge in [-0.15, -0.1) is 0 Å². The molecule has 0 aromatic heterocycles. The van der Waals surface area contributed by atoms with Gasteiger partial charge in [-0.05, 0) is 49.9 Å². The highest BCUT2D eigenvalue weighted by Crippen LogP contribution is 2.22. The largest absolute Gasteiger partial charge is 0.393 e. The first-order valence-corrected chi connectivity index (χ1v) is 8.80. The summed E-state index contributed by atoms with van der Waals surface area (Å²) in [6, 6.07) is 13.8. The van der Waals surface area contributed by atoms with E-state index in [0.29, 0.717) is 0 Å². The van der Waals surface area contributed by atoms with E-state index in [0.717, 1.165) is 44.5 Å². The Morgan fingerprint density at radius 1 is 1.00 bits per heavy atom. The normalized spacial score (nSPS) is 11.0. The van der Waals surface area contributed by atoms with Crippen LogP contribution >= 0.6 is 0 Å². The molecule has 25 heavy (non-hydrogen) atoms. The maximum Gasteiger partial charge on any atom is 0.292 e. The standard InChI is InChI=1S/C20H27N3O2/c1-3-12-22(13-10-17-6-4-16(2)5-7-17)14-11-18-8-9-19(21)20(15-18)23(24)25/h4-9,15H,3,10-14,21H2,1-2H3. The molecule has 2 rings (SSSR count). The predicted molar refractivity (Wildman–Crippen MR) is 103 cm³/mol. The van der Waals surface area contributed by atoms with E-state index in [2.05, 4.69) is 43.0 Å². The average Bonchev–Trinajstić information content (AvgIpc) is 2.59. The van der Waals surface area contributed by atoms with Crippen molar-refractivity contribution in [3.8, 4) is 0 Å². The number of anilines is 1. The number of rotatable bonds is 9. The Balaban J connectivity index is 1.93. The molecule has 0 fully saturated rings. The molecule has 2 aromatic rings. The van der Waals surface area contributed by atoms with Crippen LogP contribution in [0, 0.1) is 17.0 Å². The van der Waals surface area contributed by atoms with Crippen molar-refractivity contribution in [2.24, 2.45) is 0 Å². The Morgan fingerprint density at radius 3 is 2.20 bits per heavy atom. The van der Waals surface area contributed by atoms with Crippen molar-refractivity contribution in [3.05, 3.63) is 69.3 Å². The number of hydrogen-bond donors (Lipinski definition) is 1. The maximum atomic E-state index is 11.0. The average molecular weight is 341 g/mol. The van der Waals surface area contributed by atoms with Crippen LogP contribution in [-0.2, 0) is 12.8 Å². The van der Waals surface area contributed by atoms with Gasteiger partial charge in [0, 0.05) is 19.2 Å². The number of nitro groups is 1. The van der Waals surface area contributed by atoms with Crippen molar-refractivity contribution in [2.75, 3.05) is 25.4 Å². The smallest absolute Gasteiger partial charge is 0.292 e. The quantitative estimate of drug-likeness (QED) is 0.425. The van der Waals surface area contributed by atoms with Crippen LogP contribution in [0.15, 0.2) is 42.5 Å². The summed E-state index contributed by atoms with van der Waals surface area (Å²) in [6.07, 6.45) is 2.90. The van der Waals surface area contributed by atoms with E-state index in [4.69, 9.17) is 5.73 Å². The van der Waals surface area contributed by atoms with Crippen LogP contribution in [0.25, 0.3) is 0 Å². The molecular formula is C20H27N3O2. The van der Waals surface area contributed by atoms with Gasteiger partial charge in [0.25, 0.3) is 5.69 Å². The Kier molecular flexibility index (Phi) is 6.95. The summed E-state index contributed by atoms with van der Waals surface area (Å²) in [5.41, 5.74) is 9.46. The second-order valence-electron chi connectivity index (χ2n) is 6.48. The lowest BCUT2D eigenvalue weighted by Crippen LogP contribution is -2.29. The summed E-state index contributed by atoms with van der Waals surface area (Å²) in [6.45, 7) is 7.18. The third-order valence-corrected chi connectivity index (χ3v) is 4.39. The molecule has 0 amide bonds. The highest BCUT2D eigenvalue weighted by Gasteiger charge is 2.12. The molecule has 134 valence electrons. The first-order valence-electron chi connectivity index (χ1n) is 8.80. The summed E-state index contributed by atoms with van der Waals surface area (Å²) in [7, 11) is 0. The Bertz CT molecular complexity index is 699. The van der Waals surface area contributed by atoms with E-state index in [1.54, 1.807) is 12.1 Å². The molecule has 0 saturated carbocycles. The minimum absolute atomic E-state index is 0.000744. The van der Waals surface area contributed by atoms with Gasteiger partial charge < -0.3 is 10.6 Å². The van der Waals surface area contributed by atoms with Gasteiger partial charge >= 0.3 is 0 Å². The minimum Gasteiger partial charge on any atom is -0.393 e. The maximum absolute atomic E-state index is 11.0. The Labute approximate surface area is 149 Å². The first-order chi connectivity index (χ1) is 12.0. The summed E-state index contributed by atoms with van der Waals surface area (Å²) in [5, 5.41) is 11.0. The number of hydrogen-bond acceptors (Lipinski definition) is 4. The summed E-state index contributed by atoms with van der Waals surface area (Å²) >= 11 is 0. The zero-order valence-corrected chi connectivity index (χ0v) is 15.1. The first kappa shape index (κ1) is 18.9. The van der Waals surface area contributed by atoms with E-state index in [9.17, 15) is 10.1 Å². The predicted octanol–water partition coefficient (Wildman–Crippen LogP) is 3.98. The number of nitro benzene ring substituents is 1. The van der Waals surface area contributed by atoms with E-state index in [1.807, 2.05) is 6.07 Å². The lowest BCUT2D eigenvalue weighted by Gasteiger charge is -2.21. The van der Waals surface area contributed by atoms with Gasteiger partial charge in [-0.25, -0.2) is 0 Å². The number of benzene rings is 2. The van der Waals surface area contributed by atoms with Crippen LogP contribution in [0.5, 0.6) is 0 Å². The van der Waals surface area contributed by atoms with Crippen LogP contribution < -0.4 is 5.73 Å². The molecule has 0 atom stereocenters.